The Labute approximate surface area is 184 Å². The lowest BCUT2D eigenvalue weighted by atomic mass is 10.1. The molecule has 9 nitrogen and oxygen atoms in total. The summed E-state index contributed by atoms with van der Waals surface area (Å²) in [7, 11) is 3.22. The van der Waals surface area contributed by atoms with Crippen molar-refractivity contribution in [2.75, 3.05) is 32.6 Å². The molecule has 1 heterocycles. The molecule has 3 aromatic rings. The first-order chi connectivity index (χ1) is 15.4. The van der Waals surface area contributed by atoms with E-state index < -0.39 is 4.92 Å². The molecule has 168 valence electrons. The summed E-state index contributed by atoms with van der Waals surface area (Å²) in [5.41, 5.74) is 2.41. The monoisotopic (exact) mass is 441 g/mol. The van der Waals surface area contributed by atoms with E-state index in [0.717, 1.165) is 29.8 Å². The normalized spacial score (nSPS) is 10.9. The number of aryl methyl sites for hydroxylation is 1. The van der Waals surface area contributed by atoms with Crippen molar-refractivity contribution in [1.82, 2.24) is 15.1 Å². The number of methoxy groups -OCH3 is 1. The van der Waals surface area contributed by atoms with E-state index in [4.69, 9.17) is 4.74 Å². The quantitative estimate of drug-likeness (QED) is 0.367. The van der Waals surface area contributed by atoms with Gasteiger partial charge in [0, 0.05) is 11.3 Å². The molecule has 0 aliphatic rings. The number of rotatable bonds is 10. The highest BCUT2D eigenvalue weighted by Crippen LogP contribution is 2.28. The molecule has 0 saturated carbocycles. The van der Waals surface area contributed by atoms with E-state index >= 15 is 0 Å². The van der Waals surface area contributed by atoms with Crippen molar-refractivity contribution in [2.24, 2.45) is 0 Å². The lowest BCUT2D eigenvalue weighted by Crippen LogP contribution is -2.31. The van der Waals surface area contributed by atoms with Crippen LogP contribution in [0.1, 0.15) is 12.1 Å². The van der Waals surface area contributed by atoms with Gasteiger partial charge in [-0.25, -0.2) is 4.39 Å². The zero-order valence-corrected chi connectivity index (χ0v) is 17.8. The van der Waals surface area contributed by atoms with Gasteiger partial charge in [0.25, 0.3) is 5.69 Å². The average Bonchev–Trinajstić information content (AvgIpc) is 3.23. The van der Waals surface area contributed by atoms with E-state index in [1.165, 1.54) is 31.4 Å². The largest absolute Gasteiger partial charge is 0.496 e. The second-order valence-corrected chi connectivity index (χ2v) is 7.32. The molecule has 0 spiro atoms. The highest BCUT2D eigenvalue weighted by molar-refractivity contribution is 5.94. The number of ether oxygens (including phenoxy) is 1. The molecule has 0 radical (unpaired) electrons. The Balaban J connectivity index is 1.47. The molecular formula is C22H24FN5O4. The Morgan fingerprint density at radius 2 is 2.00 bits per heavy atom. The van der Waals surface area contributed by atoms with Crippen LogP contribution >= 0.6 is 0 Å². The zero-order chi connectivity index (χ0) is 23.1. The van der Waals surface area contributed by atoms with Gasteiger partial charge in [0.2, 0.25) is 5.91 Å². The Kier molecular flexibility index (Phi) is 7.50. The molecule has 3 rings (SSSR count). The lowest BCUT2D eigenvalue weighted by Gasteiger charge is -2.16. The number of halogens is 1. The van der Waals surface area contributed by atoms with Gasteiger partial charge in [-0.05, 0) is 68.9 Å². The Bertz CT molecular complexity index is 1080. The first-order valence-corrected chi connectivity index (χ1v) is 9.96. The number of carbonyl (C=O) groups is 1. The van der Waals surface area contributed by atoms with Gasteiger partial charge in [-0.15, -0.1) is 0 Å². The molecule has 0 fully saturated rings. The van der Waals surface area contributed by atoms with Crippen LogP contribution in [0.4, 0.5) is 15.8 Å². The summed E-state index contributed by atoms with van der Waals surface area (Å²) in [6.07, 6.45) is 1.50. The smallest absolute Gasteiger partial charge is 0.296 e. The van der Waals surface area contributed by atoms with Gasteiger partial charge in [-0.3, -0.25) is 24.9 Å². The van der Waals surface area contributed by atoms with E-state index in [-0.39, 0.29) is 29.6 Å². The molecule has 10 heteroatoms. The number of likely N-dealkylation sites (N-methyl/N-ethyl adjacent to an activating group) is 1. The summed E-state index contributed by atoms with van der Waals surface area (Å²) in [5.74, 6) is -0.299. The Morgan fingerprint density at radius 1 is 1.25 bits per heavy atom. The number of aromatic nitrogens is 2. The highest BCUT2D eigenvalue weighted by atomic mass is 19.1. The third-order valence-electron chi connectivity index (χ3n) is 4.85. The second-order valence-electron chi connectivity index (χ2n) is 7.32. The fraction of sp³-hybridized carbons (Fsp3) is 0.273. The predicted octanol–water partition coefficient (Wildman–Crippen LogP) is 3.64. The molecule has 0 aliphatic carbocycles. The van der Waals surface area contributed by atoms with E-state index in [2.05, 4.69) is 15.5 Å². The van der Waals surface area contributed by atoms with Crippen LogP contribution < -0.4 is 10.1 Å². The van der Waals surface area contributed by atoms with Crippen LogP contribution in [0.2, 0.25) is 0 Å². The number of amides is 1. The van der Waals surface area contributed by atoms with Crippen molar-refractivity contribution >= 4 is 17.3 Å². The van der Waals surface area contributed by atoms with Crippen LogP contribution in [0.5, 0.6) is 5.75 Å². The first-order valence-electron chi connectivity index (χ1n) is 9.96. The maximum atomic E-state index is 13.1. The number of anilines is 1. The molecular weight excluding hydrogens is 417 g/mol. The number of hydrogen-bond acceptors (Lipinski definition) is 6. The molecule has 2 N–H and O–H groups in total. The van der Waals surface area contributed by atoms with Crippen LogP contribution in [0, 0.1) is 15.9 Å². The predicted molar refractivity (Wildman–Crippen MR) is 118 cm³/mol. The SMILES string of the molecule is COc1ccc(NC(=O)CN(C)CCCc2cc(-c3ccc(F)cc3)n[nH]2)c([N+](=O)[O-])c1. The fourth-order valence-corrected chi connectivity index (χ4v) is 3.21. The topological polar surface area (TPSA) is 113 Å². The van der Waals surface area contributed by atoms with Gasteiger partial charge in [-0.1, -0.05) is 0 Å². The number of nitro groups is 1. The first kappa shape index (κ1) is 22.9. The third kappa shape index (κ3) is 6.11. The van der Waals surface area contributed by atoms with E-state index in [1.807, 2.05) is 11.0 Å². The Hall–Kier alpha value is -3.79. The molecule has 1 amide bonds. The highest BCUT2D eigenvalue weighted by Gasteiger charge is 2.18. The number of aromatic amines is 1. The van der Waals surface area contributed by atoms with Crippen LogP contribution in [-0.4, -0.2) is 53.2 Å². The number of H-pyrrole nitrogens is 1. The van der Waals surface area contributed by atoms with Crippen molar-refractivity contribution in [2.45, 2.75) is 12.8 Å². The molecule has 0 unspecified atom stereocenters. The second kappa shape index (κ2) is 10.5. The van der Waals surface area contributed by atoms with Crippen molar-refractivity contribution in [3.63, 3.8) is 0 Å². The van der Waals surface area contributed by atoms with Gasteiger partial charge >= 0.3 is 0 Å². The molecule has 32 heavy (non-hydrogen) atoms. The Morgan fingerprint density at radius 3 is 2.69 bits per heavy atom. The number of carbonyl (C=O) groups excluding carboxylic acids is 1. The molecule has 0 atom stereocenters. The van der Waals surface area contributed by atoms with Crippen LogP contribution in [-0.2, 0) is 11.2 Å². The van der Waals surface area contributed by atoms with E-state index in [0.29, 0.717) is 12.3 Å². The summed E-state index contributed by atoms with van der Waals surface area (Å²) in [5, 5.41) is 21.1. The summed E-state index contributed by atoms with van der Waals surface area (Å²) >= 11 is 0. The van der Waals surface area contributed by atoms with Crippen molar-refractivity contribution in [3.8, 4) is 17.0 Å². The van der Waals surface area contributed by atoms with Gasteiger partial charge in [0.15, 0.2) is 0 Å². The van der Waals surface area contributed by atoms with Gasteiger partial charge < -0.3 is 10.1 Å². The maximum Gasteiger partial charge on any atom is 0.296 e. The van der Waals surface area contributed by atoms with Crippen LogP contribution in [0.3, 0.4) is 0 Å². The maximum absolute atomic E-state index is 13.1. The van der Waals surface area contributed by atoms with E-state index in [9.17, 15) is 19.3 Å². The summed E-state index contributed by atoms with van der Waals surface area (Å²) < 4.78 is 18.0. The lowest BCUT2D eigenvalue weighted by molar-refractivity contribution is -0.384. The summed E-state index contributed by atoms with van der Waals surface area (Å²) in [6, 6.07) is 12.3. The van der Waals surface area contributed by atoms with Crippen LogP contribution in [0.25, 0.3) is 11.3 Å². The number of nitro benzene ring substituents is 1. The molecule has 1 aromatic heterocycles. The van der Waals surface area contributed by atoms with Crippen molar-refractivity contribution in [3.05, 3.63) is 70.2 Å². The minimum atomic E-state index is -0.563. The van der Waals surface area contributed by atoms with Gasteiger partial charge in [-0.2, -0.15) is 5.10 Å². The number of nitrogens with zero attached hydrogens (tertiary/aromatic N) is 3. The van der Waals surface area contributed by atoms with E-state index in [1.54, 1.807) is 25.2 Å². The van der Waals surface area contributed by atoms with Gasteiger partial charge in [0.05, 0.1) is 30.3 Å². The minimum absolute atomic E-state index is 0.0903. The fourth-order valence-electron chi connectivity index (χ4n) is 3.21. The van der Waals surface area contributed by atoms with Gasteiger partial charge in [0.1, 0.15) is 17.3 Å². The molecule has 2 aromatic carbocycles. The van der Waals surface area contributed by atoms with Crippen LogP contribution in [0.15, 0.2) is 48.5 Å². The number of benzene rings is 2. The van der Waals surface area contributed by atoms with Crippen molar-refractivity contribution in [1.29, 1.82) is 0 Å². The standard InChI is InChI=1S/C22H24FN5O4/c1-27(14-22(29)24-19-10-9-18(32-2)13-21(19)28(30)31)11-3-4-17-12-20(26-25-17)15-5-7-16(23)8-6-15/h5-10,12-13H,3-4,11,14H2,1-2H3,(H,24,29)(H,25,26). The zero-order valence-electron chi connectivity index (χ0n) is 17.8. The molecule has 0 aliphatic heterocycles. The number of hydrogen-bond donors (Lipinski definition) is 2. The molecule has 0 bridgehead atoms. The minimum Gasteiger partial charge on any atom is -0.496 e. The number of nitrogens with one attached hydrogen (secondary N) is 2. The van der Waals surface area contributed by atoms with Crippen molar-refractivity contribution < 1.29 is 18.8 Å². The third-order valence-corrected chi connectivity index (χ3v) is 4.85. The summed E-state index contributed by atoms with van der Waals surface area (Å²) in [6.45, 7) is 0.732. The summed E-state index contributed by atoms with van der Waals surface area (Å²) in [4.78, 5) is 24.8. The average molecular weight is 441 g/mol. The molecule has 0 saturated heterocycles.